The number of carbonyl (C=O) groups excluding carboxylic acids is 1. The third kappa shape index (κ3) is 2.68. The molecule has 1 N–H and O–H groups in total. The summed E-state index contributed by atoms with van der Waals surface area (Å²) < 4.78 is 17.9. The number of esters is 1. The molecule has 0 spiro atoms. The molecule has 0 aliphatic carbocycles. The molecule has 1 heterocycles. The molecular formula is C17H11FO4S. The zero-order chi connectivity index (χ0) is 16.6. The molecule has 0 fully saturated rings. The second-order valence-electron chi connectivity index (χ2n) is 4.83. The van der Waals surface area contributed by atoms with Gasteiger partial charge in [-0.05, 0) is 35.4 Å². The van der Waals surface area contributed by atoms with Crippen molar-refractivity contribution in [3.05, 3.63) is 63.4 Å². The van der Waals surface area contributed by atoms with Crippen LogP contribution < -0.4 is 4.74 Å². The molecule has 0 radical (unpaired) electrons. The molecule has 0 aliphatic rings. The number of methoxy groups -OCH3 is 1. The highest BCUT2D eigenvalue weighted by molar-refractivity contribution is 7.16. The van der Waals surface area contributed by atoms with Crippen LogP contribution >= 0.6 is 11.3 Å². The minimum absolute atomic E-state index is 0.344. The first-order valence-corrected chi connectivity index (χ1v) is 7.47. The van der Waals surface area contributed by atoms with Gasteiger partial charge in [0.25, 0.3) is 4.74 Å². The van der Waals surface area contributed by atoms with Crippen molar-refractivity contribution in [3.8, 4) is 16.9 Å². The van der Waals surface area contributed by atoms with Crippen molar-refractivity contribution in [1.82, 2.24) is 0 Å². The zero-order valence-corrected chi connectivity index (χ0v) is 12.8. The molecule has 3 rings (SSSR count). The Hall–Kier alpha value is -2.73. The molecule has 3 aromatic rings. The monoisotopic (exact) mass is 330 g/mol. The number of ether oxygens (including phenoxy) is 1. The normalized spacial score (nSPS) is 10.7. The van der Waals surface area contributed by atoms with E-state index in [4.69, 9.17) is 0 Å². The summed E-state index contributed by atoms with van der Waals surface area (Å²) in [5.41, 5.74) is 0.900. The number of benzene rings is 2. The molecular weight excluding hydrogens is 319 g/mol. The highest BCUT2D eigenvalue weighted by Gasteiger charge is 2.20. The molecule has 0 saturated carbocycles. The van der Waals surface area contributed by atoms with E-state index >= 15 is 0 Å². The van der Waals surface area contributed by atoms with Crippen molar-refractivity contribution in [3.63, 3.8) is 0 Å². The van der Waals surface area contributed by atoms with E-state index in [0.717, 1.165) is 18.4 Å². The summed E-state index contributed by atoms with van der Waals surface area (Å²) in [7, 11) is 1.14. The van der Waals surface area contributed by atoms with Crippen LogP contribution in [0.3, 0.4) is 0 Å². The van der Waals surface area contributed by atoms with E-state index < -0.39 is 16.5 Å². The number of fused-ring (bicyclic) bond motifs is 1. The molecule has 116 valence electrons. The van der Waals surface area contributed by atoms with Gasteiger partial charge < -0.3 is 9.84 Å². The number of aromatic hydroxyl groups is 1. The van der Waals surface area contributed by atoms with Crippen LogP contribution in [-0.4, -0.2) is 18.2 Å². The van der Waals surface area contributed by atoms with Gasteiger partial charge in [0.15, 0.2) is 5.56 Å². The van der Waals surface area contributed by atoms with Crippen LogP contribution in [0.2, 0.25) is 0 Å². The minimum Gasteiger partial charge on any atom is -0.506 e. The van der Waals surface area contributed by atoms with Crippen LogP contribution in [0, 0.1) is 5.82 Å². The van der Waals surface area contributed by atoms with E-state index in [-0.39, 0.29) is 11.4 Å². The summed E-state index contributed by atoms with van der Waals surface area (Å²) in [4.78, 5) is 23.6. The van der Waals surface area contributed by atoms with E-state index in [9.17, 15) is 19.1 Å². The molecule has 4 nitrogen and oxygen atoms in total. The molecule has 2 aromatic carbocycles. The maximum atomic E-state index is 13.4. The molecule has 23 heavy (non-hydrogen) atoms. The fourth-order valence-corrected chi connectivity index (χ4v) is 3.20. The van der Waals surface area contributed by atoms with E-state index in [1.807, 2.05) is 0 Å². The Bertz CT molecular complexity index is 978. The fourth-order valence-electron chi connectivity index (χ4n) is 2.32. The molecule has 0 aliphatic heterocycles. The maximum absolute atomic E-state index is 13.4. The third-order valence-corrected chi connectivity index (χ3v) is 4.39. The Balaban J connectivity index is 2.27. The molecule has 0 bridgehead atoms. The van der Waals surface area contributed by atoms with Gasteiger partial charge in [0.1, 0.15) is 11.6 Å². The van der Waals surface area contributed by atoms with Crippen molar-refractivity contribution in [2.45, 2.75) is 0 Å². The lowest BCUT2D eigenvalue weighted by atomic mass is 10.0. The fraction of sp³-hybridized carbons (Fsp3) is 0.0588. The van der Waals surface area contributed by atoms with Gasteiger partial charge in [-0.3, -0.25) is 4.79 Å². The average molecular weight is 330 g/mol. The van der Waals surface area contributed by atoms with Crippen molar-refractivity contribution in [2.24, 2.45) is 0 Å². The number of hydrogen-bond donors (Lipinski definition) is 1. The predicted molar refractivity (Wildman–Crippen MR) is 86.5 cm³/mol. The van der Waals surface area contributed by atoms with Crippen LogP contribution in [-0.2, 0) is 4.74 Å². The first-order chi connectivity index (χ1) is 11.0. The Morgan fingerprint density at radius 1 is 1.17 bits per heavy atom. The van der Waals surface area contributed by atoms with Gasteiger partial charge in [0.05, 0.1) is 7.11 Å². The largest absolute Gasteiger partial charge is 0.506 e. The SMILES string of the molecule is COC(=O)c1c(O)c2cc(-c3cccc(F)c3)ccc2sc1=O. The summed E-state index contributed by atoms with van der Waals surface area (Å²) in [5.74, 6) is -1.68. The molecule has 0 atom stereocenters. The molecule has 1 aromatic heterocycles. The summed E-state index contributed by atoms with van der Waals surface area (Å²) in [6.45, 7) is 0. The zero-order valence-electron chi connectivity index (χ0n) is 12.0. The van der Waals surface area contributed by atoms with Crippen molar-refractivity contribution < 1.29 is 19.0 Å². The topological polar surface area (TPSA) is 63.6 Å². The van der Waals surface area contributed by atoms with Crippen LogP contribution in [0.5, 0.6) is 5.75 Å². The highest BCUT2D eigenvalue weighted by atomic mass is 32.1. The van der Waals surface area contributed by atoms with E-state index in [2.05, 4.69) is 4.74 Å². The standard InChI is InChI=1S/C17H11FO4S/c1-22-16(20)14-15(19)12-8-10(5-6-13(12)23-17(14)21)9-3-2-4-11(18)7-9/h2-8,19H,1H3. The van der Waals surface area contributed by atoms with Gasteiger partial charge in [-0.2, -0.15) is 0 Å². The first-order valence-electron chi connectivity index (χ1n) is 6.65. The van der Waals surface area contributed by atoms with Gasteiger partial charge in [0, 0.05) is 10.1 Å². The van der Waals surface area contributed by atoms with Gasteiger partial charge in [-0.15, -0.1) is 0 Å². The third-order valence-electron chi connectivity index (χ3n) is 3.43. The number of halogens is 1. The van der Waals surface area contributed by atoms with Gasteiger partial charge in [-0.25, -0.2) is 9.18 Å². The lowest BCUT2D eigenvalue weighted by Crippen LogP contribution is -2.13. The molecule has 0 saturated heterocycles. The number of rotatable bonds is 2. The Labute approximate surface area is 134 Å². The van der Waals surface area contributed by atoms with Gasteiger partial charge in [-0.1, -0.05) is 29.5 Å². The van der Waals surface area contributed by atoms with Crippen molar-refractivity contribution in [2.75, 3.05) is 7.11 Å². The van der Waals surface area contributed by atoms with Crippen LogP contribution in [0.4, 0.5) is 4.39 Å². The minimum atomic E-state index is -0.887. The maximum Gasteiger partial charge on any atom is 0.346 e. The molecule has 0 amide bonds. The first kappa shape index (κ1) is 15.2. The quantitative estimate of drug-likeness (QED) is 0.730. The number of hydrogen-bond acceptors (Lipinski definition) is 5. The number of carbonyl (C=O) groups is 1. The highest BCUT2D eigenvalue weighted by Crippen LogP contribution is 2.33. The lowest BCUT2D eigenvalue weighted by molar-refractivity contribution is 0.0597. The van der Waals surface area contributed by atoms with E-state index in [0.29, 0.717) is 21.2 Å². The average Bonchev–Trinajstić information content (AvgIpc) is 2.54. The van der Waals surface area contributed by atoms with Crippen molar-refractivity contribution in [1.29, 1.82) is 0 Å². The smallest absolute Gasteiger partial charge is 0.346 e. The second-order valence-corrected chi connectivity index (χ2v) is 5.84. The second kappa shape index (κ2) is 5.81. The lowest BCUT2D eigenvalue weighted by Gasteiger charge is -2.08. The molecule has 0 unspecified atom stereocenters. The van der Waals surface area contributed by atoms with E-state index in [1.54, 1.807) is 30.3 Å². The molecule has 6 heteroatoms. The summed E-state index contributed by atoms with van der Waals surface area (Å²) in [5, 5.41) is 10.6. The van der Waals surface area contributed by atoms with Gasteiger partial charge in [0.2, 0.25) is 0 Å². The van der Waals surface area contributed by atoms with Crippen LogP contribution in [0.25, 0.3) is 21.2 Å². The van der Waals surface area contributed by atoms with Gasteiger partial charge >= 0.3 is 5.97 Å². The Morgan fingerprint density at radius 3 is 2.61 bits per heavy atom. The van der Waals surface area contributed by atoms with Crippen LogP contribution in [0.1, 0.15) is 10.4 Å². The van der Waals surface area contributed by atoms with Crippen molar-refractivity contribution >= 4 is 27.4 Å². The van der Waals surface area contributed by atoms with E-state index in [1.165, 1.54) is 12.1 Å². The Kier molecular flexibility index (Phi) is 3.83. The summed E-state index contributed by atoms with van der Waals surface area (Å²) >= 11 is 0.843. The summed E-state index contributed by atoms with van der Waals surface area (Å²) in [6.07, 6.45) is 0. The predicted octanol–water partition coefficient (Wildman–Crippen LogP) is 3.56. The van der Waals surface area contributed by atoms with Crippen LogP contribution in [0.15, 0.2) is 47.3 Å². The Morgan fingerprint density at radius 2 is 1.91 bits per heavy atom. The summed E-state index contributed by atoms with van der Waals surface area (Å²) in [6, 6.07) is 11.0.